The van der Waals surface area contributed by atoms with E-state index in [0.29, 0.717) is 11.8 Å². The van der Waals surface area contributed by atoms with Crippen LogP contribution in [0.3, 0.4) is 0 Å². The smallest absolute Gasteiger partial charge is 0.365 e. The van der Waals surface area contributed by atoms with Crippen molar-refractivity contribution in [3.63, 3.8) is 0 Å². The molecule has 2 aromatic rings. The Morgan fingerprint density at radius 3 is 2.43 bits per heavy atom. The average molecular weight is 316 g/mol. The van der Waals surface area contributed by atoms with E-state index in [1.54, 1.807) is 0 Å². The van der Waals surface area contributed by atoms with Gasteiger partial charge in [0, 0.05) is 6.54 Å². The van der Waals surface area contributed by atoms with Crippen LogP contribution < -0.4 is 5.32 Å². The van der Waals surface area contributed by atoms with Gasteiger partial charge in [0.25, 0.3) is 0 Å². The summed E-state index contributed by atoms with van der Waals surface area (Å²) in [5.74, 6) is 0.227. The van der Waals surface area contributed by atoms with Crippen molar-refractivity contribution in [3.8, 4) is 0 Å². The van der Waals surface area contributed by atoms with Gasteiger partial charge in [0.1, 0.15) is 17.3 Å². The molecule has 2 rings (SSSR count). The van der Waals surface area contributed by atoms with Crippen molar-refractivity contribution in [2.45, 2.75) is 12.7 Å². The lowest BCUT2D eigenvalue weighted by Crippen LogP contribution is -2.07. The number of aldehydes is 1. The molecule has 0 saturated heterocycles. The standard InChI is InChI=1S/C13H9ClF3N3O/c14-11-10(6-21)12(20-7-19-11)18-5-8-1-3-9(4-2-8)13(15,16)17/h1-4,6-7H,5H2,(H,18,19,20). The number of hydrogen-bond acceptors (Lipinski definition) is 4. The first-order valence-corrected chi connectivity index (χ1v) is 6.15. The maximum absolute atomic E-state index is 12.4. The third kappa shape index (κ3) is 3.69. The predicted molar refractivity (Wildman–Crippen MR) is 71.2 cm³/mol. The summed E-state index contributed by atoms with van der Waals surface area (Å²) in [6.45, 7) is 0.201. The van der Waals surface area contributed by atoms with Gasteiger partial charge >= 0.3 is 6.18 Å². The van der Waals surface area contributed by atoms with E-state index in [-0.39, 0.29) is 23.1 Å². The first kappa shape index (κ1) is 15.2. The van der Waals surface area contributed by atoms with E-state index in [1.807, 2.05) is 0 Å². The van der Waals surface area contributed by atoms with Crippen molar-refractivity contribution in [1.82, 2.24) is 9.97 Å². The normalized spacial score (nSPS) is 11.2. The molecule has 110 valence electrons. The second kappa shape index (κ2) is 6.09. The highest BCUT2D eigenvalue weighted by Crippen LogP contribution is 2.29. The van der Waals surface area contributed by atoms with E-state index in [1.165, 1.54) is 18.5 Å². The molecule has 0 aliphatic rings. The van der Waals surface area contributed by atoms with Gasteiger partial charge in [-0.05, 0) is 17.7 Å². The molecule has 0 aliphatic heterocycles. The van der Waals surface area contributed by atoms with Crippen LogP contribution in [0.25, 0.3) is 0 Å². The Morgan fingerprint density at radius 2 is 1.86 bits per heavy atom. The van der Waals surface area contributed by atoms with Crippen molar-refractivity contribution in [2.75, 3.05) is 5.32 Å². The number of carbonyl (C=O) groups excluding carboxylic acids is 1. The highest BCUT2D eigenvalue weighted by molar-refractivity contribution is 6.32. The highest BCUT2D eigenvalue weighted by atomic mass is 35.5. The van der Waals surface area contributed by atoms with E-state index in [9.17, 15) is 18.0 Å². The first-order chi connectivity index (χ1) is 9.91. The van der Waals surface area contributed by atoms with Gasteiger partial charge in [-0.1, -0.05) is 23.7 Å². The fourth-order valence-electron chi connectivity index (χ4n) is 1.62. The number of rotatable bonds is 4. The van der Waals surface area contributed by atoms with Gasteiger partial charge in [0.05, 0.1) is 11.1 Å². The molecule has 0 unspecified atom stereocenters. The molecule has 1 aromatic carbocycles. The lowest BCUT2D eigenvalue weighted by molar-refractivity contribution is -0.137. The van der Waals surface area contributed by atoms with Crippen LogP contribution in [0.5, 0.6) is 0 Å². The zero-order valence-corrected chi connectivity index (χ0v) is 11.2. The Hall–Kier alpha value is -2.15. The molecule has 1 heterocycles. The molecule has 0 bridgehead atoms. The minimum Gasteiger partial charge on any atom is -0.365 e. The van der Waals surface area contributed by atoms with E-state index < -0.39 is 11.7 Å². The molecule has 0 saturated carbocycles. The van der Waals surface area contributed by atoms with E-state index in [2.05, 4.69) is 15.3 Å². The molecule has 0 aliphatic carbocycles. The number of aromatic nitrogens is 2. The van der Waals surface area contributed by atoms with Crippen LogP contribution in [0.4, 0.5) is 19.0 Å². The number of halogens is 4. The molecule has 0 fully saturated rings. The van der Waals surface area contributed by atoms with E-state index in [0.717, 1.165) is 12.1 Å². The van der Waals surface area contributed by atoms with Gasteiger partial charge in [-0.25, -0.2) is 9.97 Å². The Kier molecular flexibility index (Phi) is 4.42. The lowest BCUT2D eigenvalue weighted by atomic mass is 10.1. The molecule has 4 nitrogen and oxygen atoms in total. The third-order valence-electron chi connectivity index (χ3n) is 2.69. The zero-order chi connectivity index (χ0) is 15.5. The molecule has 0 atom stereocenters. The monoisotopic (exact) mass is 315 g/mol. The number of alkyl halides is 3. The first-order valence-electron chi connectivity index (χ1n) is 5.77. The van der Waals surface area contributed by atoms with Gasteiger partial charge < -0.3 is 5.32 Å². The highest BCUT2D eigenvalue weighted by Gasteiger charge is 2.29. The summed E-state index contributed by atoms with van der Waals surface area (Å²) in [6.07, 6.45) is -2.67. The molecule has 21 heavy (non-hydrogen) atoms. The second-order valence-electron chi connectivity index (χ2n) is 4.09. The topological polar surface area (TPSA) is 54.9 Å². The largest absolute Gasteiger partial charge is 0.416 e. The molecule has 0 radical (unpaired) electrons. The molecular formula is C13H9ClF3N3O. The Morgan fingerprint density at radius 1 is 1.19 bits per heavy atom. The Balaban J connectivity index is 2.10. The predicted octanol–water partition coefficient (Wildman–Crippen LogP) is 3.57. The van der Waals surface area contributed by atoms with Gasteiger partial charge in [0.2, 0.25) is 0 Å². The molecule has 8 heteroatoms. The lowest BCUT2D eigenvalue weighted by Gasteiger charge is -2.10. The summed E-state index contributed by atoms with van der Waals surface area (Å²) >= 11 is 5.73. The molecule has 1 aromatic heterocycles. The number of hydrogen-bond donors (Lipinski definition) is 1. The van der Waals surface area contributed by atoms with Gasteiger partial charge in [0.15, 0.2) is 6.29 Å². The minimum absolute atomic E-state index is 0.00918. The summed E-state index contributed by atoms with van der Waals surface area (Å²) in [4.78, 5) is 18.4. The third-order valence-corrected chi connectivity index (χ3v) is 3.00. The maximum atomic E-state index is 12.4. The number of benzene rings is 1. The number of anilines is 1. The van der Waals surface area contributed by atoms with Crippen LogP contribution in [-0.4, -0.2) is 16.3 Å². The minimum atomic E-state index is -4.36. The van der Waals surface area contributed by atoms with E-state index >= 15 is 0 Å². The van der Waals surface area contributed by atoms with Crippen LogP contribution in [0.15, 0.2) is 30.6 Å². The number of nitrogens with zero attached hydrogens (tertiary/aromatic N) is 2. The maximum Gasteiger partial charge on any atom is 0.416 e. The summed E-state index contributed by atoms with van der Waals surface area (Å²) in [6, 6.07) is 4.67. The quantitative estimate of drug-likeness (QED) is 0.692. The molecule has 0 amide bonds. The van der Waals surface area contributed by atoms with Crippen LogP contribution in [0.1, 0.15) is 21.5 Å². The van der Waals surface area contributed by atoms with Crippen LogP contribution >= 0.6 is 11.6 Å². The van der Waals surface area contributed by atoms with Crippen molar-refractivity contribution in [3.05, 3.63) is 52.4 Å². The van der Waals surface area contributed by atoms with Gasteiger partial charge in [-0.15, -0.1) is 0 Å². The number of nitrogens with one attached hydrogen (secondary N) is 1. The van der Waals surface area contributed by atoms with Crippen molar-refractivity contribution >= 4 is 23.7 Å². The molecular weight excluding hydrogens is 307 g/mol. The number of carbonyl (C=O) groups is 1. The molecule has 0 spiro atoms. The van der Waals surface area contributed by atoms with E-state index in [4.69, 9.17) is 11.6 Å². The summed E-state index contributed by atoms with van der Waals surface area (Å²) < 4.78 is 37.3. The van der Waals surface area contributed by atoms with Gasteiger partial charge in [-0.2, -0.15) is 13.2 Å². The van der Waals surface area contributed by atoms with Crippen LogP contribution in [-0.2, 0) is 12.7 Å². The zero-order valence-electron chi connectivity index (χ0n) is 10.5. The summed E-state index contributed by atoms with van der Waals surface area (Å²) in [7, 11) is 0. The Labute approximate surface area is 123 Å². The summed E-state index contributed by atoms with van der Waals surface area (Å²) in [5.41, 5.74) is -0.00873. The van der Waals surface area contributed by atoms with Crippen molar-refractivity contribution in [2.24, 2.45) is 0 Å². The van der Waals surface area contributed by atoms with Crippen LogP contribution in [0.2, 0.25) is 5.15 Å². The van der Waals surface area contributed by atoms with Crippen molar-refractivity contribution < 1.29 is 18.0 Å². The average Bonchev–Trinajstić information content (AvgIpc) is 2.44. The van der Waals surface area contributed by atoms with Crippen LogP contribution in [0, 0.1) is 0 Å². The Bertz CT molecular complexity index is 644. The van der Waals surface area contributed by atoms with Crippen molar-refractivity contribution in [1.29, 1.82) is 0 Å². The van der Waals surface area contributed by atoms with Gasteiger partial charge in [-0.3, -0.25) is 4.79 Å². The fraction of sp³-hybridized carbons (Fsp3) is 0.154. The second-order valence-corrected chi connectivity index (χ2v) is 4.45. The SMILES string of the molecule is O=Cc1c(Cl)ncnc1NCc1ccc(C(F)(F)F)cc1. The molecule has 1 N–H and O–H groups in total. The summed E-state index contributed by atoms with van der Waals surface area (Å²) in [5, 5.41) is 2.84. The fourth-order valence-corrected chi connectivity index (χ4v) is 1.79.